The van der Waals surface area contributed by atoms with E-state index in [9.17, 15) is 0 Å². The molecule has 1 aromatic rings. The molecule has 0 unspecified atom stereocenters. The van der Waals surface area contributed by atoms with E-state index in [0.29, 0.717) is 5.75 Å². The zero-order valence-corrected chi connectivity index (χ0v) is 7.82. The van der Waals surface area contributed by atoms with Gasteiger partial charge in [0.05, 0.1) is 0 Å². The van der Waals surface area contributed by atoms with Crippen molar-refractivity contribution in [1.29, 1.82) is 0 Å². The van der Waals surface area contributed by atoms with Crippen LogP contribution >= 0.6 is 0 Å². The summed E-state index contributed by atoms with van der Waals surface area (Å²) < 4.78 is 0. The third kappa shape index (κ3) is 5.07. The van der Waals surface area contributed by atoms with Gasteiger partial charge in [0.25, 0.3) is 0 Å². The van der Waals surface area contributed by atoms with E-state index in [2.05, 4.69) is 12.2 Å². The molecule has 70 valence electrons. The van der Waals surface area contributed by atoms with E-state index >= 15 is 0 Å². The highest BCUT2D eigenvalue weighted by atomic mass is 16.3. The number of allylic oxidation sites excluding steroid dienone is 2. The zero-order valence-electron chi connectivity index (χ0n) is 7.82. The Bertz CT molecular complexity index is 231. The fraction of sp³-hybridized carbons (Fsp3) is 0.333. The summed E-state index contributed by atoms with van der Waals surface area (Å²) in [7, 11) is 0. The summed E-state index contributed by atoms with van der Waals surface area (Å²) in [6.45, 7) is 0. The number of benzene rings is 1. The molecule has 0 atom stereocenters. The van der Waals surface area contributed by atoms with Gasteiger partial charge in [-0.3, -0.25) is 0 Å². The summed E-state index contributed by atoms with van der Waals surface area (Å²) in [6, 6.07) is 8.71. The van der Waals surface area contributed by atoms with Gasteiger partial charge in [0.1, 0.15) is 5.75 Å². The third-order valence-corrected chi connectivity index (χ3v) is 1.91. The minimum atomic E-state index is 0.322. The number of phenolic OH excluding ortho intramolecular Hbond substituents is 1. The van der Waals surface area contributed by atoms with Crippen LogP contribution in [0.15, 0.2) is 42.5 Å². The lowest BCUT2D eigenvalue weighted by molar-refractivity contribution is 0.475. The van der Waals surface area contributed by atoms with Crippen LogP contribution in [0.4, 0.5) is 0 Å². The van der Waals surface area contributed by atoms with Gasteiger partial charge in [0, 0.05) is 0 Å². The number of rotatable bonds is 0. The number of phenols is 1. The Balaban J connectivity index is 0.000000132. The average Bonchev–Trinajstić information content (AvgIpc) is 2.22. The molecule has 0 aromatic heterocycles. The predicted octanol–water partition coefficient (Wildman–Crippen LogP) is 3.51. The molecule has 1 nitrogen and oxygen atoms in total. The van der Waals surface area contributed by atoms with Crippen LogP contribution in [-0.4, -0.2) is 5.11 Å². The van der Waals surface area contributed by atoms with Gasteiger partial charge < -0.3 is 5.11 Å². The minimum Gasteiger partial charge on any atom is -0.508 e. The molecule has 0 aliphatic heterocycles. The Morgan fingerprint density at radius 2 is 1.38 bits per heavy atom. The lowest BCUT2D eigenvalue weighted by Gasteiger charge is -1.97. The van der Waals surface area contributed by atoms with Crippen LogP contribution in [0.3, 0.4) is 0 Å². The Hall–Kier alpha value is -1.24. The third-order valence-electron chi connectivity index (χ3n) is 1.91. The number of para-hydroxylation sites is 1. The monoisotopic (exact) mass is 176 g/mol. The number of aromatic hydroxyl groups is 1. The molecule has 1 heteroatoms. The second kappa shape index (κ2) is 6.30. The number of hydrogen-bond acceptors (Lipinski definition) is 1. The van der Waals surface area contributed by atoms with Crippen LogP contribution in [0.25, 0.3) is 0 Å². The van der Waals surface area contributed by atoms with E-state index in [0.717, 1.165) is 0 Å². The summed E-state index contributed by atoms with van der Waals surface area (Å²) in [5.41, 5.74) is 0. The molecule has 1 N–H and O–H groups in total. The highest BCUT2D eigenvalue weighted by molar-refractivity contribution is 5.18. The van der Waals surface area contributed by atoms with Crippen LogP contribution in [-0.2, 0) is 0 Å². The molecule has 0 saturated carbocycles. The van der Waals surface area contributed by atoms with Crippen LogP contribution in [0.2, 0.25) is 0 Å². The van der Waals surface area contributed by atoms with Crippen molar-refractivity contribution in [3.63, 3.8) is 0 Å². The maximum Gasteiger partial charge on any atom is 0.115 e. The maximum atomic E-state index is 8.63. The second-order valence-electron chi connectivity index (χ2n) is 3.09. The fourth-order valence-electron chi connectivity index (χ4n) is 1.19. The standard InChI is InChI=1S/C6H6O.C6H10/c7-6-4-2-1-3-5-6;1-2-4-6-5-3-1/h1-5,7H;1-2H,3-6H2. The molecule has 0 bridgehead atoms. The molecule has 0 saturated heterocycles. The van der Waals surface area contributed by atoms with Crippen molar-refractivity contribution in [3.05, 3.63) is 42.5 Å². The van der Waals surface area contributed by atoms with Crippen molar-refractivity contribution in [2.45, 2.75) is 25.7 Å². The summed E-state index contributed by atoms with van der Waals surface area (Å²) in [5.74, 6) is 0.322. The van der Waals surface area contributed by atoms with Crippen molar-refractivity contribution in [3.8, 4) is 5.75 Å². The van der Waals surface area contributed by atoms with Crippen molar-refractivity contribution in [1.82, 2.24) is 0 Å². The average molecular weight is 176 g/mol. The first-order valence-electron chi connectivity index (χ1n) is 4.78. The van der Waals surface area contributed by atoms with Gasteiger partial charge in [0.2, 0.25) is 0 Å². The molecule has 0 fully saturated rings. The Labute approximate surface area is 79.7 Å². The minimum absolute atomic E-state index is 0.322. The molecular formula is C12H16O. The van der Waals surface area contributed by atoms with Gasteiger partial charge in [0.15, 0.2) is 0 Å². The lowest BCUT2D eigenvalue weighted by Crippen LogP contribution is -1.77. The molecule has 1 aliphatic carbocycles. The summed E-state index contributed by atoms with van der Waals surface area (Å²) >= 11 is 0. The lowest BCUT2D eigenvalue weighted by atomic mass is 10.1. The Morgan fingerprint density at radius 1 is 0.846 bits per heavy atom. The van der Waals surface area contributed by atoms with Gasteiger partial charge >= 0.3 is 0 Å². The van der Waals surface area contributed by atoms with Gasteiger partial charge in [-0.2, -0.15) is 0 Å². The van der Waals surface area contributed by atoms with Gasteiger partial charge in [-0.15, -0.1) is 0 Å². The van der Waals surface area contributed by atoms with E-state index in [1.807, 2.05) is 6.07 Å². The first-order chi connectivity index (χ1) is 6.39. The number of hydrogen-bond donors (Lipinski definition) is 1. The van der Waals surface area contributed by atoms with E-state index in [1.54, 1.807) is 24.3 Å². The quantitative estimate of drug-likeness (QED) is 0.600. The van der Waals surface area contributed by atoms with E-state index < -0.39 is 0 Å². The zero-order chi connectivity index (χ0) is 9.36. The summed E-state index contributed by atoms with van der Waals surface area (Å²) in [5, 5.41) is 8.63. The summed E-state index contributed by atoms with van der Waals surface area (Å²) in [6.07, 6.45) is 10.0. The van der Waals surface area contributed by atoms with Gasteiger partial charge in [-0.1, -0.05) is 30.4 Å². The fourth-order valence-corrected chi connectivity index (χ4v) is 1.19. The van der Waals surface area contributed by atoms with Crippen molar-refractivity contribution in [2.24, 2.45) is 0 Å². The van der Waals surface area contributed by atoms with Crippen LogP contribution < -0.4 is 0 Å². The SMILES string of the molecule is C1=CCCCC1.Oc1ccccc1. The normalized spacial score (nSPS) is 14.5. The highest BCUT2D eigenvalue weighted by Gasteiger charge is 1.87. The first-order valence-corrected chi connectivity index (χ1v) is 4.78. The molecule has 0 spiro atoms. The Kier molecular flexibility index (Phi) is 4.77. The van der Waals surface area contributed by atoms with Crippen LogP contribution in [0.1, 0.15) is 25.7 Å². The Morgan fingerprint density at radius 3 is 1.62 bits per heavy atom. The first kappa shape index (κ1) is 9.85. The second-order valence-corrected chi connectivity index (χ2v) is 3.09. The van der Waals surface area contributed by atoms with Crippen molar-refractivity contribution < 1.29 is 5.11 Å². The van der Waals surface area contributed by atoms with E-state index in [-0.39, 0.29) is 0 Å². The van der Waals surface area contributed by atoms with Gasteiger partial charge in [-0.05, 0) is 37.8 Å². The highest BCUT2D eigenvalue weighted by Crippen LogP contribution is 2.07. The van der Waals surface area contributed by atoms with Crippen LogP contribution in [0, 0.1) is 0 Å². The largest absolute Gasteiger partial charge is 0.508 e. The smallest absolute Gasteiger partial charge is 0.115 e. The molecule has 0 heterocycles. The van der Waals surface area contributed by atoms with Crippen LogP contribution in [0.5, 0.6) is 5.75 Å². The molecule has 0 amide bonds. The predicted molar refractivity (Wildman–Crippen MR) is 55.7 cm³/mol. The van der Waals surface area contributed by atoms with E-state index in [4.69, 9.17) is 5.11 Å². The maximum absolute atomic E-state index is 8.63. The summed E-state index contributed by atoms with van der Waals surface area (Å²) in [4.78, 5) is 0. The molecule has 1 aliphatic rings. The molecule has 1 aromatic carbocycles. The molecule has 2 rings (SSSR count). The topological polar surface area (TPSA) is 20.2 Å². The molecular weight excluding hydrogens is 160 g/mol. The van der Waals surface area contributed by atoms with Gasteiger partial charge in [-0.25, -0.2) is 0 Å². The van der Waals surface area contributed by atoms with Crippen molar-refractivity contribution in [2.75, 3.05) is 0 Å². The molecule has 13 heavy (non-hydrogen) atoms. The molecule has 0 radical (unpaired) electrons. The van der Waals surface area contributed by atoms with E-state index in [1.165, 1.54) is 25.7 Å². The van der Waals surface area contributed by atoms with Crippen molar-refractivity contribution >= 4 is 0 Å².